The van der Waals surface area contributed by atoms with Gasteiger partial charge in [-0.25, -0.2) is 0 Å². The molecule has 3 heterocycles. The second-order valence-corrected chi connectivity index (χ2v) is 8.62. The lowest BCUT2D eigenvalue weighted by molar-refractivity contribution is -0.131. The van der Waals surface area contributed by atoms with E-state index in [0.717, 1.165) is 37.9 Å². The summed E-state index contributed by atoms with van der Waals surface area (Å²) in [5.74, 6) is 1.22. The number of nitrogens with zero attached hydrogens (tertiary/aromatic N) is 4. The van der Waals surface area contributed by atoms with Crippen molar-refractivity contribution in [2.24, 2.45) is 5.92 Å². The van der Waals surface area contributed by atoms with Gasteiger partial charge in [0.15, 0.2) is 0 Å². The van der Waals surface area contributed by atoms with Gasteiger partial charge < -0.3 is 9.32 Å². The van der Waals surface area contributed by atoms with Crippen molar-refractivity contribution in [1.29, 1.82) is 0 Å². The average Bonchev–Trinajstić information content (AvgIpc) is 3.23. The van der Waals surface area contributed by atoms with E-state index in [9.17, 15) is 4.79 Å². The molecule has 1 atom stereocenters. The van der Waals surface area contributed by atoms with E-state index in [-0.39, 0.29) is 11.2 Å². The van der Waals surface area contributed by atoms with Crippen LogP contribution < -0.4 is 0 Å². The number of hydrogen-bond donors (Lipinski definition) is 0. The van der Waals surface area contributed by atoms with Gasteiger partial charge in [-0.3, -0.25) is 9.78 Å². The Morgan fingerprint density at radius 2 is 1.86 bits per heavy atom. The van der Waals surface area contributed by atoms with Crippen molar-refractivity contribution in [3.8, 4) is 11.5 Å². The van der Waals surface area contributed by atoms with Crippen LogP contribution in [-0.2, 0) is 11.2 Å². The van der Waals surface area contributed by atoms with Crippen molar-refractivity contribution >= 4 is 17.7 Å². The highest BCUT2D eigenvalue weighted by atomic mass is 32.2. The Kier molecular flexibility index (Phi) is 6.24. The number of piperidine rings is 1. The van der Waals surface area contributed by atoms with Crippen LogP contribution in [0.15, 0.2) is 64.5 Å². The molecule has 4 rings (SSSR count). The fraction of sp³-hybridized carbons (Fsp3) is 0.364. The Morgan fingerprint density at radius 3 is 2.59 bits per heavy atom. The van der Waals surface area contributed by atoms with Crippen LogP contribution >= 0.6 is 11.8 Å². The van der Waals surface area contributed by atoms with Gasteiger partial charge in [0.25, 0.3) is 5.22 Å². The maximum atomic E-state index is 12.9. The molecular formula is C22H24N4O2S. The van der Waals surface area contributed by atoms with Crippen LogP contribution in [0.4, 0.5) is 0 Å². The molecule has 0 saturated carbocycles. The summed E-state index contributed by atoms with van der Waals surface area (Å²) < 4.78 is 5.70. The minimum atomic E-state index is -0.258. The number of benzene rings is 1. The largest absolute Gasteiger partial charge is 0.411 e. The molecule has 1 fully saturated rings. The second-order valence-electron chi connectivity index (χ2n) is 7.33. The summed E-state index contributed by atoms with van der Waals surface area (Å²) in [6.07, 6.45) is 6.54. The highest BCUT2D eigenvalue weighted by Crippen LogP contribution is 2.28. The molecule has 0 spiro atoms. The Balaban J connectivity index is 1.28. The summed E-state index contributed by atoms with van der Waals surface area (Å²) in [5, 5.41) is 8.30. The van der Waals surface area contributed by atoms with E-state index in [1.807, 2.05) is 30.0 Å². The van der Waals surface area contributed by atoms with Crippen molar-refractivity contribution in [2.75, 3.05) is 13.1 Å². The highest BCUT2D eigenvalue weighted by Gasteiger charge is 2.27. The Labute approximate surface area is 174 Å². The number of hydrogen-bond acceptors (Lipinski definition) is 6. The summed E-state index contributed by atoms with van der Waals surface area (Å²) in [4.78, 5) is 18.8. The number of amides is 1. The van der Waals surface area contributed by atoms with E-state index in [0.29, 0.717) is 17.0 Å². The lowest BCUT2D eigenvalue weighted by atomic mass is 9.90. The van der Waals surface area contributed by atoms with E-state index >= 15 is 0 Å². The van der Waals surface area contributed by atoms with Gasteiger partial charge in [-0.1, -0.05) is 42.1 Å². The molecule has 0 radical (unpaired) electrons. The number of rotatable bonds is 6. The first-order valence-electron chi connectivity index (χ1n) is 9.92. The van der Waals surface area contributed by atoms with Crippen molar-refractivity contribution < 1.29 is 9.21 Å². The summed E-state index contributed by atoms with van der Waals surface area (Å²) in [5.41, 5.74) is 2.20. The van der Waals surface area contributed by atoms with Crippen LogP contribution in [0, 0.1) is 5.92 Å². The Hall–Kier alpha value is -2.67. The van der Waals surface area contributed by atoms with Crippen molar-refractivity contribution in [3.63, 3.8) is 0 Å². The van der Waals surface area contributed by atoms with Gasteiger partial charge in [0.1, 0.15) is 0 Å². The summed E-state index contributed by atoms with van der Waals surface area (Å²) in [6.45, 7) is 3.53. The van der Waals surface area contributed by atoms with Crippen molar-refractivity contribution in [2.45, 2.75) is 36.7 Å². The van der Waals surface area contributed by atoms with Crippen molar-refractivity contribution in [1.82, 2.24) is 20.1 Å². The second kappa shape index (κ2) is 9.22. The maximum Gasteiger partial charge on any atom is 0.277 e. The summed E-state index contributed by atoms with van der Waals surface area (Å²) in [7, 11) is 0. The fourth-order valence-electron chi connectivity index (χ4n) is 3.63. The molecule has 1 saturated heterocycles. The number of likely N-dealkylation sites (tertiary alicyclic amines) is 1. The Bertz CT molecular complexity index is 924. The molecular weight excluding hydrogens is 384 g/mol. The number of pyridine rings is 1. The minimum absolute atomic E-state index is 0.136. The van der Waals surface area contributed by atoms with E-state index in [1.54, 1.807) is 12.4 Å². The number of aromatic nitrogens is 3. The van der Waals surface area contributed by atoms with Crippen LogP contribution in [-0.4, -0.2) is 44.3 Å². The molecule has 1 amide bonds. The molecule has 0 unspecified atom stereocenters. The predicted octanol–water partition coefficient (Wildman–Crippen LogP) is 4.09. The molecule has 1 aliphatic heterocycles. The molecule has 150 valence electrons. The lowest BCUT2D eigenvalue weighted by Gasteiger charge is -2.33. The number of carbonyl (C=O) groups excluding carboxylic acids is 1. The van der Waals surface area contributed by atoms with Gasteiger partial charge in [-0.05, 0) is 49.8 Å². The summed E-state index contributed by atoms with van der Waals surface area (Å²) >= 11 is 1.32. The minimum Gasteiger partial charge on any atom is -0.411 e. The van der Waals surface area contributed by atoms with E-state index in [2.05, 4.69) is 39.4 Å². The number of carbonyl (C=O) groups is 1. The first-order chi connectivity index (χ1) is 14.2. The molecule has 2 aromatic heterocycles. The molecule has 0 bridgehead atoms. The van der Waals surface area contributed by atoms with Gasteiger partial charge in [0.2, 0.25) is 11.8 Å². The van der Waals surface area contributed by atoms with Gasteiger partial charge in [-0.15, -0.1) is 10.2 Å². The first kappa shape index (κ1) is 19.6. The number of thioether (sulfide) groups is 1. The standard InChI is InChI=1S/C22H24N4O2S/c1-16(29-22-25-24-20(28-22)19-7-11-23-12-8-19)21(27)26-13-9-18(10-14-26)15-17-5-3-2-4-6-17/h2-8,11-12,16,18H,9-10,13-15H2,1H3/t16-/m0/s1. The zero-order valence-corrected chi connectivity index (χ0v) is 17.2. The van der Waals surface area contributed by atoms with Gasteiger partial charge >= 0.3 is 0 Å². The zero-order chi connectivity index (χ0) is 20.1. The monoisotopic (exact) mass is 408 g/mol. The Morgan fingerprint density at radius 1 is 1.14 bits per heavy atom. The molecule has 0 N–H and O–H groups in total. The van der Waals surface area contributed by atoms with Gasteiger partial charge in [0.05, 0.1) is 5.25 Å². The van der Waals surface area contributed by atoms with Crippen LogP contribution in [0.25, 0.3) is 11.5 Å². The SMILES string of the molecule is C[C@H](Sc1nnc(-c2ccncc2)o1)C(=O)N1CCC(Cc2ccccc2)CC1. The van der Waals surface area contributed by atoms with Gasteiger partial charge in [0, 0.05) is 31.0 Å². The topological polar surface area (TPSA) is 72.1 Å². The summed E-state index contributed by atoms with van der Waals surface area (Å²) in [6, 6.07) is 14.2. The first-order valence-corrected chi connectivity index (χ1v) is 10.8. The van der Waals surface area contributed by atoms with Crippen LogP contribution in [0.2, 0.25) is 0 Å². The van der Waals surface area contributed by atoms with Crippen LogP contribution in [0.1, 0.15) is 25.3 Å². The molecule has 1 aliphatic rings. The molecule has 6 nitrogen and oxygen atoms in total. The molecule has 1 aromatic carbocycles. The van der Waals surface area contributed by atoms with Gasteiger partial charge in [-0.2, -0.15) is 0 Å². The molecule has 7 heteroatoms. The van der Waals surface area contributed by atoms with Crippen LogP contribution in [0.3, 0.4) is 0 Å². The molecule has 0 aliphatic carbocycles. The third-order valence-corrected chi connectivity index (χ3v) is 6.17. The maximum absolute atomic E-state index is 12.9. The molecule has 29 heavy (non-hydrogen) atoms. The third kappa shape index (κ3) is 5.03. The third-order valence-electron chi connectivity index (χ3n) is 5.25. The molecule has 3 aromatic rings. The quantitative estimate of drug-likeness (QED) is 0.572. The van der Waals surface area contributed by atoms with Crippen LogP contribution in [0.5, 0.6) is 0 Å². The lowest BCUT2D eigenvalue weighted by Crippen LogP contribution is -2.42. The predicted molar refractivity (Wildman–Crippen MR) is 112 cm³/mol. The van der Waals surface area contributed by atoms with E-state index in [4.69, 9.17) is 4.42 Å². The normalized spacial score (nSPS) is 16.0. The zero-order valence-electron chi connectivity index (χ0n) is 16.4. The average molecular weight is 409 g/mol. The van der Waals surface area contributed by atoms with Crippen molar-refractivity contribution in [3.05, 3.63) is 60.4 Å². The highest BCUT2D eigenvalue weighted by molar-refractivity contribution is 8.00. The fourth-order valence-corrected chi connectivity index (χ4v) is 4.40. The van der Waals surface area contributed by atoms with E-state index in [1.165, 1.54) is 17.3 Å². The van der Waals surface area contributed by atoms with E-state index < -0.39 is 0 Å². The smallest absolute Gasteiger partial charge is 0.277 e.